The maximum absolute atomic E-state index is 6.20. The first-order valence-electron chi connectivity index (χ1n) is 8.70. The van der Waals surface area contributed by atoms with E-state index >= 15 is 0 Å². The maximum atomic E-state index is 6.20. The fourth-order valence-electron chi connectivity index (χ4n) is 4.48. The third kappa shape index (κ3) is 2.88. The molecule has 1 aliphatic carbocycles. The molecular weight excluding hydrogens is 260 g/mol. The Labute approximate surface area is 128 Å². The highest BCUT2D eigenvalue weighted by molar-refractivity contribution is 5.09. The van der Waals surface area contributed by atoms with Crippen LogP contribution in [0.25, 0.3) is 0 Å². The van der Waals surface area contributed by atoms with Gasteiger partial charge in [-0.2, -0.15) is 0 Å². The second kappa shape index (κ2) is 6.49. The molecule has 4 nitrogen and oxygen atoms in total. The summed E-state index contributed by atoms with van der Waals surface area (Å²) in [7, 11) is 0. The number of nitrogens with zero attached hydrogens (tertiary/aromatic N) is 3. The van der Waals surface area contributed by atoms with Crippen molar-refractivity contribution in [2.45, 2.75) is 70.5 Å². The normalized spacial score (nSPS) is 28.6. The quantitative estimate of drug-likeness (QED) is 0.927. The summed E-state index contributed by atoms with van der Waals surface area (Å²) in [6, 6.07) is 1.53. The van der Waals surface area contributed by atoms with E-state index in [0.29, 0.717) is 18.6 Å². The van der Waals surface area contributed by atoms with Gasteiger partial charge in [0.25, 0.3) is 0 Å². The Kier molecular flexibility index (Phi) is 4.65. The molecule has 21 heavy (non-hydrogen) atoms. The van der Waals surface area contributed by atoms with Gasteiger partial charge in [-0.15, -0.1) is 0 Å². The fourth-order valence-corrected chi connectivity index (χ4v) is 4.48. The molecule has 0 aromatic carbocycles. The van der Waals surface area contributed by atoms with E-state index in [9.17, 15) is 0 Å². The van der Waals surface area contributed by atoms with Crippen LogP contribution in [0.4, 0.5) is 0 Å². The highest BCUT2D eigenvalue weighted by Gasteiger charge is 2.37. The van der Waals surface area contributed by atoms with E-state index in [0.717, 1.165) is 12.0 Å². The zero-order chi connectivity index (χ0) is 14.8. The van der Waals surface area contributed by atoms with Gasteiger partial charge < -0.3 is 10.3 Å². The van der Waals surface area contributed by atoms with Gasteiger partial charge in [0.2, 0.25) is 0 Å². The first-order valence-corrected chi connectivity index (χ1v) is 8.70. The predicted octanol–water partition coefficient (Wildman–Crippen LogP) is 3.12. The Hall–Kier alpha value is -0.870. The van der Waals surface area contributed by atoms with E-state index in [1.54, 1.807) is 0 Å². The third-order valence-electron chi connectivity index (χ3n) is 5.50. The number of fused-ring (bicyclic) bond motifs is 1. The van der Waals surface area contributed by atoms with Crippen molar-refractivity contribution in [3.05, 3.63) is 18.2 Å². The average Bonchev–Trinajstić information content (AvgIpc) is 2.98. The lowest BCUT2D eigenvalue weighted by molar-refractivity contribution is 0.0249. The van der Waals surface area contributed by atoms with Crippen LogP contribution in [-0.4, -0.2) is 33.6 Å². The number of imidazole rings is 1. The number of rotatable bonds is 4. The van der Waals surface area contributed by atoms with Gasteiger partial charge in [0, 0.05) is 24.8 Å². The summed E-state index contributed by atoms with van der Waals surface area (Å²) in [6.07, 6.45) is 12.3. The van der Waals surface area contributed by atoms with Crippen molar-refractivity contribution in [1.29, 1.82) is 0 Å². The van der Waals surface area contributed by atoms with E-state index < -0.39 is 0 Å². The Morgan fingerprint density at radius 2 is 2.00 bits per heavy atom. The summed E-state index contributed by atoms with van der Waals surface area (Å²) in [5, 5.41) is 0. The van der Waals surface area contributed by atoms with Crippen LogP contribution >= 0.6 is 0 Å². The van der Waals surface area contributed by atoms with Gasteiger partial charge >= 0.3 is 0 Å². The smallest absolute Gasteiger partial charge is 0.0951 e. The summed E-state index contributed by atoms with van der Waals surface area (Å²) in [5.41, 5.74) is 7.51. The van der Waals surface area contributed by atoms with Crippen LogP contribution in [0.3, 0.4) is 0 Å². The standard InChI is InChI=1S/C17H30N4/c1-13(2)21-12-19-11-17(21)16(10-18)20-9-5-7-14-6-3-4-8-15(14)20/h11-16H,3-10,18H2,1-2H3. The predicted molar refractivity (Wildman–Crippen MR) is 86.1 cm³/mol. The van der Waals surface area contributed by atoms with Crippen molar-refractivity contribution in [2.75, 3.05) is 13.1 Å². The van der Waals surface area contributed by atoms with Crippen LogP contribution in [0.1, 0.15) is 70.2 Å². The average molecular weight is 290 g/mol. The second-order valence-electron chi connectivity index (χ2n) is 7.06. The molecule has 0 spiro atoms. The minimum absolute atomic E-state index is 0.334. The SMILES string of the molecule is CC(C)n1cncc1C(CN)N1CCCC2CCCCC21. The molecular formula is C17H30N4. The second-order valence-corrected chi connectivity index (χ2v) is 7.06. The topological polar surface area (TPSA) is 47.1 Å². The maximum Gasteiger partial charge on any atom is 0.0951 e. The molecule has 4 heteroatoms. The van der Waals surface area contributed by atoms with Gasteiger partial charge in [-0.05, 0) is 52.0 Å². The summed E-state index contributed by atoms with van der Waals surface area (Å²) in [4.78, 5) is 7.10. The highest BCUT2D eigenvalue weighted by Crippen LogP contribution is 2.39. The van der Waals surface area contributed by atoms with E-state index in [4.69, 9.17) is 5.73 Å². The van der Waals surface area contributed by atoms with Crippen LogP contribution in [-0.2, 0) is 0 Å². The van der Waals surface area contributed by atoms with Crippen LogP contribution in [0.15, 0.2) is 12.5 Å². The molecule has 118 valence electrons. The molecule has 1 saturated carbocycles. The van der Waals surface area contributed by atoms with Gasteiger partial charge in [-0.25, -0.2) is 4.98 Å². The molecule has 0 bridgehead atoms. The third-order valence-corrected chi connectivity index (χ3v) is 5.50. The van der Waals surface area contributed by atoms with Crippen molar-refractivity contribution in [3.63, 3.8) is 0 Å². The van der Waals surface area contributed by atoms with Gasteiger partial charge in [-0.1, -0.05) is 12.8 Å². The lowest BCUT2D eigenvalue weighted by Crippen LogP contribution is -2.50. The van der Waals surface area contributed by atoms with Crippen LogP contribution in [0.5, 0.6) is 0 Å². The fraction of sp³-hybridized carbons (Fsp3) is 0.824. The Morgan fingerprint density at radius 3 is 2.76 bits per heavy atom. The molecule has 3 atom stereocenters. The number of nitrogens with two attached hydrogens (primary N) is 1. The van der Waals surface area contributed by atoms with Crippen molar-refractivity contribution < 1.29 is 0 Å². The van der Waals surface area contributed by atoms with Crippen molar-refractivity contribution in [3.8, 4) is 0 Å². The van der Waals surface area contributed by atoms with Crippen LogP contribution in [0, 0.1) is 5.92 Å². The minimum Gasteiger partial charge on any atom is -0.331 e. The first-order chi connectivity index (χ1) is 10.2. The first kappa shape index (κ1) is 15.0. The van der Waals surface area contributed by atoms with Gasteiger partial charge in [0.15, 0.2) is 0 Å². The van der Waals surface area contributed by atoms with E-state index in [1.807, 2.05) is 12.5 Å². The zero-order valence-corrected chi connectivity index (χ0v) is 13.5. The molecule has 3 rings (SSSR count). The van der Waals surface area contributed by atoms with E-state index in [2.05, 4.69) is 28.3 Å². The lowest BCUT2D eigenvalue weighted by atomic mass is 9.77. The number of likely N-dealkylation sites (tertiary alicyclic amines) is 1. The van der Waals surface area contributed by atoms with Crippen LogP contribution in [0.2, 0.25) is 0 Å². The van der Waals surface area contributed by atoms with E-state index in [1.165, 1.54) is 50.8 Å². The van der Waals surface area contributed by atoms with Gasteiger partial charge in [0.1, 0.15) is 0 Å². The number of hydrogen-bond donors (Lipinski definition) is 1. The molecule has 2 heterocycles. The molecule has 2 N–H and O–H groups in total. The van der Waals surface area contributed by atoms with Crippen LogP contribution < -0.4 is 5.73 Å². The molecule has 0 amide bonds. The van der Waals surface area contributed by atoms with E-state index in [-0.39, 0.29) is 0 Å². The highest BCUT2D eigenvalue weighted by atomic mass is 15.2. The summed E-state index contributed by atoms with van der Waals surface area (Å²) in [6.45, 7) is 6.34. The summed E-state index contributed by atoms with van der Waals surface area (Å²) in [5.74, 6) is 0.900. The molecule has 1 aromatic rings. The molecule has 2 aliphatic rings. The molecule has 2 fully saturated rings. The zero-order valence-electron chi connectivity index (χ0n) is 13.5. The van der Waals surface area contributed by atoms with Gasteiger partial charge in [0.05, 0.1) is 18.1 Å². The van der Waals surface area contributed by atoms with Crippen molar-refractivity contribution >= 4 is 0 Å². The minimum atomic E-state index is 0.334. The number of aromatic nitrogens is 2. The van der Waals surface area contributed by atoms with Crippen molar-refractivity contribution in [1.82, 2.24) is 14.5 Å². The summed E-state index contributed by atoms with van der Waals surface area (Å²) >= 11 is 0. The monoisotopic (exact) mass is 290 g/mol. The van der Waals surface area contributed by atoms with Gasteiger partial charge in [-0.3, -0.25) is 4.90 Å². The lowest BCUT2D eigenvalue weighted by Gasteiger charge is -2.47. The molecule has 1 aromatic heterocycles. The summed E-state index contributed by atoms with van der Waals surface area (Å²) < 4.78 is 2.30. The molecule has 1 aliphatic heterocycles. The Balaban J connectivity index is 1.86. The molecule has 1 saturated heterocycles. The Morgan fingerprint density at radius 1 is 1.24 bits per heavy atom. The molecule has 3 unspecified atom stereocenters. The molecule has 0 radical (unpaired) electrons. The Bertz CT molecular complexity index is 451. The largest absolute Gasteiger partial charge is 0.331 e. The number of hydrogen-bond acceptors (Lipinski definition) is 3. The van der Waals surface area contributed by atoms with Crippen molar-refractivity contribution in [2.24, 2.45) is 11.7 Å². The number of piperidine rings is 1.